The third kappa shape index (κ3) is 3.76. The van der Waals surface area contributed by atoms with Crippen molar-refractivity contribution in [1.82, 2.24) is 9.80 Å². The lowest BCUT2D eigenvalue weighted by Crippen LogP contribution is -2.47. The van der Waals surface area contributed by atoms with E-state index in [-0.39, 0.29) is 6.61 Å². The summed E-state index contributed by atoms with van der Waals surface area (Å²) in [6, 6.07) is 3.60. The van der Waals surface area contributed by atoms with Gasteiger partial charge in [-0.15, -0.1) is 0 Å². The number of fused-ring (bicyclic) bond motifs is 1. The van der Waals surface area contributed by atoms with Gasteiger partial charge in [0.2, 0.25) is 0 Å². The molecule has 0 amide bonds. The maximum atomic E-state index is 8.98. The third-order valence-corrected chi connectivity index (χ3v) is 4.61. The lowest BCUT2D eigenvalue weighted by atomic mass is 10.1. The molecule has 1 saturated heterocycles. The lowest BCUT2D eigenvalue weighted by Gasteiger charge is -2.35. The first-order chi connectivity index (χ1) is 10.7. The van der Waals surface area contributed by atoms with Crippen LogP contribution in [0.3, 0.4) is 0 Å². The largest absolute Gasteiger partial charge is 0.487 e. The number of benzene rings is 1. The van der Waals surface area contributed by atoms with Gasteiger partial charge in [-0.3, -0.25) is 9.80 Å². The molecule has 1 aromatic carbocycles. The first-order valence-corrected chi connectivity index (χ1v) is 8.28. The molecular formula is C16H20Cl2N2O2. The van der Waals surface area contributed by atoms with Crippen molar-refractivity contribution in [3.63, 3.8) is 0 Å². The predicted molar refractivity (Wildman–Crippen MR) is 89.9 cm³/mol. The number of halogens is 2. The molecule has 0 atom stereocenters. The van der Waals surface area contributed by atoms with Crippen molar-refractivity contribution in [2.75, 3.05) is 52.5 Å². The topological polar surface area (TPSA) is 35.9 Å². The fourth-order valence-electron chi connectivity index (χ4n) is 2.96. The van der Waals surface area contributed by atoms with Gasteiger partial charge < -0.3 is 9.84 Å². The Balaban J connectivity index is 1.63. The second-order valence-corrected chi connectivity index (χ2v) is 6.58. The van der Waals surface area contributed by atoms with Crippen molar-refractivity contribution in [3.05, 3.63) is 33.3 Å². The Hall–Kier alpha value is -0.780. The zero-order valence-corrected chi connectivity index (χ0v) is 13.9. The minimum atomic E-state index is 0.233. The molecule has 1 fully saturated rings. The maximum absolute atomic E-state index is 8.98. The number of piperazine rings is 1. The molecule has 2 aliphatic rings. The summed E-state index contributed by atoms with van der Waals surface area (Å²) in [5.41, 5.74) is 2.19. The second kappa shape index (κ2) is 7.20. The summed E-state index contributed by atoms with van der Waals surface area (Å²) in [6.45, 7) is 6.51. The summed E-state index contributed by atoms with van der Waals surface area (Å²) in [7, 11) is 0. The number of aliphatic hydroxyl groups excluding tert-OH is 1. The van der Waals surface area contributed by atoms with Crippen LogP contribution in [-0.2, 0) is 0 Å². The molecule has 120 valence electrons. The number of rotatable bonds is 4. The Kier molecular flexibility index (Phi) is 5.26. The number of hydrogen-bond acceptors (Lipinski definition) is 4. The average Bonchev–Trinajstić information content (AvgIpc) is 2.49. The molecule has 3 rings (SSSR count). The summed E-state index contributed by atoms with van der Waals surface area (Å²) in [5, 5.41) is 10.2. The highest BCUT2D eigenvalue weighted by atomic mass is 35.5. The van der Waals surface area contributed by atoms with Crippen molar-refractivity contribution in [2.45, 2.75) is 0 Å². The summed E-state index contributed by atoms with van der Waals surface area (Å²) in [4.78, 5) is 4.71. The Labute approximate surface area is 140 Å². The van der Waals surface area contributed by atoms with Crippen molar-refractivity contribution in [1.29, 1.82) is 0 Å². The van der Waals surface area contributed by atoms with Gasteiger partial charge in [0.15, 0.2) is 0 Å². The molecule has 0 unspecified atom stereocenters. The molecule has 0 bridgehead atoms. The molecule has 2 aliphatic heterocycles. The van der Waals surface area contributed by atoms with E-state index in [9.17, 15) is 0 Å². The van der Waals surface area contributed by atoms with Crippen LogP contribution in [0.25, 0.3) is 6.08 Å². The van der Waals surface area contributed by atoms with E-state index in [1.807, 2.05) is 6.07 Å². The first-order valence-electron chi connectivity index (χ1n) is 7.52. The van der Waals surface area contributed by atoms with E-state index in [4.69, 9.17) is 33.0 Å². The van der Waals surface area contributed by atoms with E-state index in [0.29, 0.717) is 16.7 Å². The number of hydrogen-bond donors (Lipinski definition) is 1. The van der Waals surface area contributed by atoms with Crippen LogP contribution in [0.4, 0.5) is 0 Å². The fraction of sp³-hybridized carbons (Fsp3) is 0.500. The van der Waals surface area contributed by atoms with Gasteiger partial charge in [-0.1, -0.05) is 23.2 Å². The zero-order chi connectivity index (χ0) is 15.5. The van der Waals surface area contributed by atoms with Gasteiger partial charge >= 0.3 is 0 Å². The molecule has 4 nitrogen and oxygen atoms in total. The highest BCUT2D eigenvalue weighted by Crippen LogP contribution is 2.36. The molecule has 0 aromatic heterocycles. The van der Waals surface area contributed by atoms with Crippen molar-refractivity contribution < 1.29 is 9.84 Å². The predicted octanol–water partition coefficient (Wildman–Crippen LogP) is 2.38. The van der Waals surface area contributed by atoms with Gasteiger partial charge in [-0.25, -0.2) is 0 Å². The second-order valence-electron chi connectivity index (χ2n) is 5.74. The number of β-amino-alcohol motifs (C(OH)–C–C–N with tert-alkyl or cyclic N) is 1. The zero-order valence-electron chi connectivity index (χ0n) is 12.4. The van der Waals surface area contributed by atoms with Gasteiger partial charge in [-0.05, 0) is 23.8 Å². The average molecular weight is 343 g/mol. The number of nitrogens with zero attached hydrogens (tertiary/aromatic N) is 2. The van der Waals surface area contributed by atoms with Crippen LogP contribution in [0.5, 0.6) is 5.75 Å². The van der Waals surface area contributed by atoms with E-state index in [1.54, 1.807) is 6.07 Å². The van der Waals surface area contributed by atoms with Gasteiger partial charge in [-0.2, -0.15) is 0 Å². The van der Waals surface area contributed by atoms with Crippen LogP contribution in [0.15, 0.2) is 17.7 Å². The monoisotopic (exact) mass is 342 g/mol. The van der Waals surface area contributed by atoms with Crippen LogP contribution in [0, 0.1) is 0 Å². The standard InChI is InChI=1S/C16H20Cl2N2O2/c17-14-8-13-7-12(11-22-16(13)15(18)9-14)10-20-3-1-19(2-4-20)5-6-21/h7-9,21H,1-6,10-11H2. The molecule has 0 saturated carbocycles. The fourth-order valence-corrected chi connectivity index (χ4v) is 3.52. The Morgan fingerprint density at radius 2 is 1.82 bits per heavy atom. The maximum Gasteiger partial charge on any atom is 0.145 e. The van der Waals surface area contributed by atoms with Crippen LogP contribution in [-0.4, -0.2) is 67.4 Å². The molecule has 1 N–H and O–H groups in total. The molecular weight excluding hydrogens is 323 g/mol. The highest BCUT2D eigenvalue weighted by molar-refractivity contribution is 6.36. The van der Waals surface area contributed by atoms with Gasteiger partial charge in [0, 0.05) is 49.9 Å². The molecule has 0 spiro atoms. The van der Waals surface area contributed by atoms with Gasteiger partial charge in [0.25, 0.3) is 0 Å². The van der Waals surface area contributed by atoms with E-state index in [0.717, 1.165) is 50.6 Å². The Morgan fingerprint density at radius 3 is 2.55 bits per heavy atom. The quantitative estimate of drug-likeness (QED) is 0.911. The molecule has 6 heteroatoms. The minimum Gasteiger partial charge on any atom is -0.487 e. The van der Waals surface area contributed by atoms with Gasteiger partial charge in [0.05, 0.1) is 11.6 Å². The Bertz CT molecular complexity index is 570. The molecule has 2 heterocycles. The number of ether oxygens (including phenoxy) is 1. The number of aliphatic hydroxyl groups is 1. The first kappa shape index (κ1) is 16.1. The lowest BCUT2D eigenvalue weighted by molar-refractivity contribution is 0.117. The summed E-state index contributed by atoms with van der Waals surface area (Å²) in [5.74, 6) is 0.725. The SMILES string of the molecule is OCCN1CCN(CC2=Cc3cc(Cl)cc(Cl)c3OC2)CC1. The van der Waals surface area contributed by atoms with Crippen LogP contribution in [0.2, 0.25) is 10.0 Å². The normalized spacial score (nSPS) is 19.5. The molecule has 22 heavy (non-hydrogen) atoms. The molecule has 0 radical (unpaired) electrons. The van der Waals surface area contributed by atoms with Crippen LogP contribution >= 0.6 is 23.2 Å². The Morgan fingerprint density at radius 1 is 1.09 bits per heavy atom. The smallest absolute Gasteiger partial charge is 0.145 e. The van der Waals surface area contributed by atoms with E-state index >= 15 is 0 Å². The van der Waals surface area contributed by atoms with Crippen molar-refractivity contribution >= 4 is 29.3 Å². The van der Waals surface area contributed by atoms with E-state index in [1.165, 1.54) is 5.57 Å². The van der Waals surface area contributed by atoms with Crippen molar-refractivity contribution in [3.8, 4) is 5.75 Å². The van der Waals surface area contributed by atoms with E-state index in [2.05, 4.69) is 15.9 Å². The molecule has 0 aliphatic carbocycles. The van der Waals surface area contributed by atoms with Gasteiger partial charge in [0.1, 0.15) is 12.4 Å². The third-order valence-electron chi connectivity index (χ3n) is 4.11. The van der Waals surface area contributed by atoms with Crippen molar-refractivity contribution in [2.24, 2.45) is 0 Å². The van der Waals surface area contributed by atoms with Crippen LogP contribution < -0.4 is 4.74 Å². The summed E-state index contributed by atoms with van der Waals surface area (Å²) in [6.07, 6.45) is 2.14. The summed E-state index contributed by atoms with van der Waals surface area (Å²) >= 11 is 12.2. The molecule has 1 aromatic rings. The summed E-state index contributed by atoms with van der Waals surface area (Å²) < 4.78 is 5.79. The minimum absolute atomic E-state index is 0.233. The highest BCUT2D eigenvalue weighted by Gasteiger charge is 2.20. The van der Waals surface area contributed by atoms with Crippen LogP contribution in [0.1, 0.15) is 5.56 Å². The van der Waals surface area contributed by atoms with E-state index < -0.39 is 0 Å².